The summed E-state index contributed by atoms with van der Waals surface area (Å²) in [6, 6.07) is 0. The molecule has 0 spiro atoms. The van der Waals surface area contributed by atoms with E-state index in [2.05, 4.69) is 27.7 Å². The van der Waals surface area contributed by atoms with Gasteiger partial charge in [0.1, 0.15) is 0 Å². The molecule has 0 amide bonds. The Bertz CT molecular complexity index is 195. The molecule has 2 heteroatoms. The average Bonchev–Trinajstić information content (AvgIpc) is 2.15. The fraction of sp³-hybridized carbons (Fsp3) is 1.00. The Morgan fingerprint density at radius 3 is 1.94 bits per heavy atom. The Morgan fingerprint density at radius 2 is 1.53 bits per heavy atom. The molecule has 0 aromatic heterocycles. The molecule has 1 N–H and O–H groups in total. The maximum absolute atomic E-state index is 10.9. The molecule has 0 saturated carbocycles. The van der Waals surface area contributed by atoms with Gasteiger partial charge in [-0.1, -0.05) is 27.7 Å². The molecule has 1 fully saturated rings. The van der Waals surface area contributed by atoms with Gasteiger partial charge in [0.25, 0.3) is 0 Å². The van der Waals surface area contributed by atoms with Crippen molar-refractivity contribution in [2.45, 2.75) is 65.4 Å². The minimum atomic E-state index is -0.454. The van der Waals surface area contributed by atoms with Crippen LogP contribution in [0.5, 0.6) is 0 Å². The van der Waals surface area contributed by atoms with Gasteiger partial charge in [-0.3, -0.25) is 0 Å². The third-order valence-corrected chi connectivity index (χ3v) is 3.59. The maximum Gasteiger partial charge on any atom is 0.0655 e. The van der Waals surface area contributed by atoms with Gasteiger partial charge in [-0.05, 0) is 49.9 Å². The smallest absolute Gasteiger partial charge is 0.0655 e. The van der Waals surface area contributed by atoms with Crippen molar-refractivity contribution in [3.05, 3.63) is 0 Å². The van der Waals surface area contributed by atoms with E-state index in [1.165, 1.54) is 0 Å². The van der Waals surface area contributed by atoms with Gasteiger partial charge >= 0.3 is 0 Å². The van der Waals surface area contributed by atoms with Gasteiger partial charge in [-0.15, -0.1) is 0 Å². The summed E-state index contributed by atoms with van der Waals surface area (Å²) >= 11 is 0. The number of rotatable bonds is 6. The predicted molar refractivity (Wildman–Crippen MR) is 72.0 cm³/mol. The quantitative estimate of drug-likeness (QED) is 0.770. The molecule has 0 aromatic carbocycles. The topological polar surface area (TPSA) is 29.5 Å². The molecule has 2 nitrogen and oxygen atoms in total. The van der Waals surface area contributed by atoms with E-state index in [4.69, 9.17) is 4.74 Å². The Labute approximate surface area is 107 Å². The van der Waals surface area contributed by atoms with Gasteiger partial charge in [0, 0.05) is 13.2 Å². The highest BCUT2D eigenvalue weighted by Gasteiger charge is 2.32. The SMILES string of the molecule is CC(C)CC(O)(CC(C)C)CC1CCOCC1. The second kappa shape index (κ2) is 6.75. The standard InChI is InChI=1S/C15H30O2/c1-12(2)9-15(16,10-13(3)4)11-14-5-7-17-8-6-14/h12-14,16H,5-11H2,1-4H3. The predicted octanol–water partition coefficient (Wildman–Crippen LogP) is 3.63. The third kappa shape index (κ3) is 5.87. The van der Waals surface area contributed by atoms with Crippen molar-refractivity contribution >= 4 is 0 Å². The number of hydrogen-bond donors (Lipinski definition) is 1. The van der Waals surface area contributed by atoms with Gasteiger partial charge in [0.15, 0.2) is 0 Å². The van der Waals surface area contributed by atoms with Crippen LogP contribution >= 0.6 is 0 Å². The zero-order valence-electron chi connectivity index (χ0n) is 12.0. The summed E-state index contributed by atoms with van der Waals surface area (Å²) in [5.74, 6) is 1.79. The molecule has 0 aromatic rings. The fourth-order valence-electron chi connectivity index (χ4n) is 3.26. The van der Waals surface area contributed by atoms with Crippen molar-refractivity contribution in [2.75, 3.05) is 13.2 Å². The summed E-state index contributed by atoms with van der Waals surface area (Å²) in [5, 5.41) is 10.9. The van der Waals surface area contributed by atoms with Crippen molar-refractivity contribution in [3.63, 3.8) is 0 Å². The lowest BCUT2D eigenvalue weighted by atomic mass is 9.77. The summed E-state index contributed by atoms with van der Waals surface area (Å²) in [5.41, 5.74) is -0.454. The Balaban J connectivity index is 2.54. The monoisotopic (exact) mass is 242 g/mol. The van der Waals surface area contributed by atoms with Crippen LogP contribution in [0.15, 0.2) is 0 Å². The lowest BCUT2D eigenvalue weighted by Crippen LogP contribution is -2.36. The van der Waals surface area contributed by atoms with E-state index in [0.29, 0.717) is 17.8 Å². The summed E-state index contributed by atoms with van der Waals surface area (Å²) in [4.78, 5) is 0. The summed E-state index contributed by atoms with van der Waals surface area (Å²) in [6.07, 6.45) is 5.08. The van der Waals surface area contributed by atoms with Crippen molar-refractivity contribution in [2.24, 2.45) is 17.8 Å². The average molecular weight is 242 g/mol. The first kappa shape index (κ1) is 15.0. The molecule has 1 heterocycles. The van der Waals surface area contributed by atoms with Gasteiger partial charge in [-0.25, -0.2) is 0 Å². The molecule has 0 atom stereocenters. The van der Waals surface area contributed by atoms with Gasteiger partial charge in [0.05, 0.1) is 5.60 Å². The molecule has 0 aliphatic carbocycles. The second-order valence-corrected chi connectivity index (χ2v) is 6.68. The zero-order valence-corrected chi connectivity index (χ0v) is 12.0. The van der Waals surface area contributed by atoms with Crippen LogP contribution in [-0.2, 0) is 4.74 Å². The fourth-order valence-corrected chi connectivity index (χ4v) is 3.26. The summed E-state index contributed by atoms with van der Waals surface area (Å²) < 4.78 is 5.39. The molecule has 1 saturated heterocycles. The van der Waals surface area contributed by atoms with Crippen LogP contribution < -0.4 is 0 Å². The van der Waals surface area contributed by atoms with E-state index >= 15 is 0 Å². The largest absolute Gasteiger partial charge is 0.390 e. The van der Waals surface area contributed by atoms with E-state index in [0.717, 1.165) is 45.3 Å². The van der Waals surface area contributed by atoms with Crippen molar-refractivity contribution in [3.8, 4) is 0 Å². The zero-order chi connectivity index (χ0) is 12.9. The van der Waals surface area contributed by atoms with Gasteiger partial charge in [0.2, 0.25) is 0 Å². The van der Waals surface area contributed by atoms with Crippen LogP contribution in [0.3, 0.4) is 0 Å². The first-order valence-electron chi connectivity index (χ1n) is 7.21. The van der Waals surface area contributed by atoms with Crippen molar-refractivity contribution in [1.82, 2.24) is 0 Å². The highest BCUT2D eigenvalue weighted by Crippen LogP contribution is 2.34. The Kier molecular flexibility index (Phi) is 5.94. The number of hydrogen-bond acceptors (Lipinski definition) is 2. The summed E-state index contributed by atoms with van der Waals surface area (Å²) in [7, 11) is 0. The van der Waals surface area contributed by atoms with E-state index in [1.54, 1.807) is 0 Å². The lowest BCUT2D eigenvalue weighted by molar-refractivity contribution is -0.0383. The molecule has 1 rings (SSSR count). The normalized spacial score (nSPS) is 19.2. The van der Waals surface area contributed by atoms with Gasteiger partial charge < -0.3 is 9.84 Å². The molecule has 0 unspecified atom stereocenters. The maximum atomic E-state index is 10.9. The van der Waals surface area contributed by atoms with Crippen molar-refractivity contribution in [1.29, 1.82) is 0 Å². The Morgan fingerprint density at radius 1 is 1.06 bits per heavy atom. The first-order chi connectivity index (χ1) is 7.91. The minimum absolute atomic E-state index is 0.454. The van der Waals surface area contributed by atoms with E-state index in [1.807, 2.05) is 0 Å². The van der Waals surface area contributed by atoms with E-state index in [-0.39, 0.29) is 0 Å². The highest BCUT2D eigenvalue weighted by molar-refractivity contribution is 4.84. The summed E-state index contributed by atoms with van der Waals surface area (Å²) in [6.45, 7) is 10.6. The van der Waals surface area contributed by atoms with E-state index in [9.17, 15) is 5.11 Å². The molecule has 0 bridgehead atoms. The van der Waals surface area contributed by atoms with Crippen LogP contribution in [0, 0.1) is 17.8 Å². The molecular weight excluding hydrogens is 212 g/mol. The molecule has 1 aliphatic heterocycles. The molecule has 102 valence electrons. The van der Waals surface area contributed by atoms with Crippen LogP contribution in [0.1, 0.15) is 59.8 Å². The van der Waals surface area contributed by atoms with Crippen LogP contribution in [0.2, 0.25) is 0 Å². The second-order valence-electron chi connectivity index (χ2n) is 6.68. The van der Waals surface area contributed by atoms with Crippen molar-refractivity contribution < 1.29 is 9.84 Å². The highest BCUT2D eigenvalue weighted by atomic mass is 16.5. The van der Waals surface area contributed by atoms with Crippen LogP contribution in [0.4, 0.5) is 0 Å². The molecule has 0 radical (unpaired) electrons. The molecule has 17 heavy (non-hydrogen) atoms. The number of aliphatic hydroxyl groups is 1. The molecule has 1 aliphatic rings. The van der Waals surface area contributed by atoms with Crippen LogP contribution in [0.25, 0.3) is 0 Å². The lowest BCUT2D eigenvalue weighted by Gasteiger charge is -2.36. The molecular formula is C15H30O2. The van der Waals surface area contributed by atoms with Crippen LogP contribution in [-0.4, -0.2) is 23.9 Å². The van der Waals surface area contributed by atoms with Gasteiger partial charge in [-0.2, -0.15) is 0 Å². The number of ether oxygens (including phenoxy) is 1. The minimum Gasteiger partial charge on any atom is -0.390 e. The van der Waals surface area contributed by atoms with E-state index < -0.39 is 5.60 Å². The third-order valence-electron chi connectivity index (χ3n) is 3.59. The Hall–Kier alpha value is -0.0800. The first-order valence-corrected chi connectivity index (χ1v) is 7.21.